The molecule has 1 amide bonds. The van der Waals surface area contributed by atoms with E-state index >= 15 is 0 Å². The fourth-order valence-electron chi connectivity index (χ4n) is 3.42. The maximum atomic E-state index is 12.9. The highest BCUT2D eigenvalue weighted by molar-refractivity contribution is 5.95. The minimum Gasteiger partial charge on any atom is -0.363 e. The second kappa shape index (κ2) is 6.90. The fourth-order valence-corrected chi connectivity index (χ4v) is 3.42. The molecule has 1 aliphatic heterocycles. The molecule has 0 spiro atoms. The number of hydrogen-bond acceptors (Lipinski definition) is 5. The van der Waals surface area contributed by atoms with E-state index in [-0.39, 0.29) is 5.91 Å². The van der Waals surface area contributed by atoms with Gasteiger partial charge in [-0.3, -0.25) is 4.79 Å². The average molecular weight is 364 g/mol. The topological polar surface area (TPSA) is 57.0 Å². The predicted molar refractivity (Wildman–Crippen MR) is 107 cm³/mol. The summed E-state index contributed by atoms with van der Waals surface area (Å²) in [5.74, 6) is 2.67. The van der Waals surface area contributed by atoms with Crippen molar-refractivity contribution in [3.8, 4) is 0 Å². The highest BCUT2D eigenvalue weighted by Crippen LogP contribution is 2.20. The highest BCUT2D eigenvalue weighted by Gasteiger charge is 2.24. The normalized spacial score (nSPS) is 14.6. The van der Waals surface area contributed by atoms with Gasteiger partial charge in [0.05, 0.1) is 5.56 Å². The lowest BCUT2D eigenvalue weighted by Gasteiger charge is -2.35. The second-order valence-electron chi connectivity index (χ2n) is 7.07. The SMILES string of the molecule is Cc1nc(N(C)C)cc(N2CCN(C(=O)c3cc4ccccn4c3)CC2)n1. The molecular weight excluding hydrogens is 340 g/mol. The molecule has 27 heavy (non-hydrogen) atoms. The Balaban J connectivity index is 1.46. The summed E-state index contributed by atoms with van der Waals surface area (Å²) >= 11 is 0. The number of carbonyl (C=O) groups is 1. The van der Waals surface area contributed by atoms with Crippen molar-refractivity contribution in [3.05, 3.63) is 54.1 Å². The van der Waals surface area contributed by atoms with E-state index in [0.29, 0.717) is 13.1 Å². The maximum Gasteiger partial charge on any atom is 0.255 e. The summed E-state index contributed by atoms with van der Waals surface area (Å²) in [7, 11) is 3.95. The third-order valence-corrected chi connectivity index (χ3v) is 4.91. The van der Waals surface area contributed by atoms with Gasteiger partial charge >= 0.3 is 0 Å². The van der Waals surface area contributed by atoms with Crippen LogP contribution in [0.2, 0.25) is 0 Å². The smallest absolute Gasteiger partial charge is 0.255 e. The van der Waals surface area contributed by atoms with Crippen LogP contribution < -0.4 is 9.80 Å². The van der Waals surface area contributed by atoms with Crippen molar-refractivity contribution in [2.24, 2.45) is 0 Å². The molecule has 7 heteroatoms. The number of rotatable bonds is 3. The summed E-state index contributed by atoms with van der Waals surface area (Å²) < 4.78 is 1.98. The van der Waals surface area contributed by atoms with Gasteiger partial charge in [-0.05, 0) is 25.1 Å². The second-order valence-corrected chi connectivity index (χ2v) is 7.07. The van der Waals surface area contributed by atoms with Crippen LogP contribution in [0, 0.1) is 6.92 Å². The van der Waals surface area contributed by atoms with E-state index in [2.05, 4.69) is 14.9 Å². The first-order chi connectivity index (χ1) is 13.0. The third-order valence-electron chi connectivity index (χ3n) is 4.91. The molecule has 4 rings (SSSR count). The molecule has 1 fully saturated rings. The van der Waals surface area contributed by atoms with Crippen LogP contribution in [-0.2, 0) is 0 Å². The highest BCUT2D eigenvalue weighted by atomic mass is 16.2. The minimum absolute atomic E-state index is 0.0891. The Morgan fingerprint density at radius 1 is 1.07 bits per heavy atom. The minimum atomic E-state index is 0.0891. The molecule has 0 aliphatic carbocycles. The molecule has 0 saturated carbocycles. The van der Waals surface area contributed by atoms with Gasteiger partial charge in [0.25, 0.3) is 5.91 Å². The van der Waals surface area contributed by atoms with Crippen molar-refractivity contribution in [2.45, 2.75) is 6.92 Å². The van der Waals surface area contributed by atoms with Crippen LogP contribution in [-0.4, -0.2) is 65.5 Å². The first kappa shape index (κ1) is 17.3. The van der Waals surface area contributed by atoms with Crippen LogP contribution in [0.25, 0.3) is 5.52 Å². The first-order valence-electron chi connectivity index (χ1n) is 9.15. The van der Waals surface area contributed by atoms with Crippen LogP contribution in [0.1, 0.15) is 16.2 Å². The number of anilines is 2. The van der Waals surface area contributed by atoms with E-state index in [1.54, 1.807) is 0 Å². The molecule has 140 valence electrons. The lowest BCUT2D eigenvalue weighted by molar-refractivity contribution is 0.0746. The molecule has 0 unspecified atom stereocenters. The number of amides is 1. The Hall–Kier alpha value is -3.09. The molecule has 0 N–H and O–H groups in total. The number of fused-ring (bicyclic) bond motifs is 1. The van der Waals surface area contributed by atoms with E-state index in [1.807, 2.05) is 77.9 Å². The predicted octanol–water partition coefficient (Wildman–Crippen LogP) is 2.07. The van der Waals surface area contributed by atoms with Gasteiger partial charge in [0.2, 0.25) is 0 Å². The number of aryl methyl sites for hydroxylation is 1. The summed E-state index contributed by atoms with van der Waals surface area (Å²) in [6.45, 7) is 4.82. The van der Waals surface area contributed by atoms with Crippen molar-refractivity contribution in [3.63, 3.8) is 0 Å². The monoisotopic (exact) mass is 364 g/mol. The number of carbonyl (C=O) groups excluding carboxylic acids is 1. The van der Waals surface area contributed by atoms with Gasteiger partial charge in [-0.1, -0.05) is 6.07 Å². The van der Waals surface area contributed by atoms with E-state index in [1.165, 1.54) is 0 Å². The van der Waals surface area contributed by atoms with Crippen LogP contribution in [0.15, 0.2) is 42.7 Å². The number of nitrogens with zero attached hydrogens (tertiary/aromatic N) is 6. The number of pyridine rings is 1. The molecule has 0 bridgehead atoms. The Morgan fingerprint density at radius 2 is 1.85 bits per heavy atom. The Kier molecular flexibility index (Phi) is 4.43. The summed E-state index contributed by atoms with van der Waals surface area (Å²) in [4.78, 5) is 28.0. The zero-order valence-corrected chi connectivity index (χ0v) is 16.0. The third kappa shape index (κ3) is 3.45. The number of piperazine rings is 1. The van der Waals surface area contributed by atoms with Crippen molar-refractivity contribution in [1.82, 2.24) is 19.3 Å². The van der Waals surface area contributed by atoms with E-state index in [9.17, 15) is 4.79 Å². The van der Waals surface area contributed by atoms with Gasteiger partial charge in [-0.25, -0.2) is 9.97 Å². The standard InChI is InChI=1S/C20H24N6O/c1-15-21-18(23(2)3)13-19(22-15)24-8-10-25(11-9-24)20(27)16-12-17-6-4-5-7-26(17)14-16/h4-7,12-14H,8-11H2,1-3H3. The van der Waals surface area contributed by atoms with Gasteiger partial charge in [0, 0.05) is 64.3 Å². The Morgan fingerprint density at radius 3 is 2.56 bits per heavy atom. The summed E-state index contributed by atoms with van der Waals surface area (Å²) in [5, 5.41) is 0. The number of hydrogen-bond donors (Lipinski definition) is 0. The van der Waals surface area contributed by atoms with Crippen molar-refractivity contribution in [2.75, 3.05) is 50.1 Å². The molecule has 1 aliphatic rings. The van der Waals surface area contributed by atoms with Crippen molar-refractivity contribution in [1.29, 1.82) is 0 Å². The van der Waals surface area contributed by atoms with Gasteiger partial charge in [-0.2, -0.15) is 0 Å². The van der Waals surface area contributed by atoms with Crippen LogP contribution >= 0.6 is 0 Å². The van der Waals surface area contributed by atoms with Gasteiger partial charge < -0.3 is 19.1 Å². The van der Waals surface area contributed by atoms with Crippen LogP contribution in [0.4, 0.5) is 11.6 Å². The largest absolute Gasteiger partial charge is 0.363 e. The molecule has 0 radical (unpaired) electrons. The molecule has 3 aromatic heterocycles. The van der Waals surface area contributed by atoms with E-state index in [0.717, 1.165) is 41.6 Å². The van der Waals surface area contributed by atoms with Crippen LogP contribution in [0.3, 0.4) is 0 Å². The molecule has 4 heterocycles. The zero-order valence-electron chi connectivity index (χ0n) is 16.0. The maximum absolute atomic E-state index is 12.9. The van der Waals surface area contributed by atoms with E-state index < -0.39 is 0 Å². The van der Waals surface area contributed by atoms with E-state index in [4.69, 9.17) is 0 Å². The molecular formula is C20H24N6O. The molecule has 0 atom stereocenters. The van der Waals surface area contributed by atoms with Gasteiger partial charge in [-0.15, -0.1) is 0 Å². The van der Waals surface area contributed by atoms with Crippen molar-refractivity contribution < 1.29 is 4.79 Å². The number of aromatic nitrogens is 3. The fraction of sp³-hybridized carbons (Fsp3) is 0.350. The molecule has 3 aromatic rings. The summed E-state index contributed by atoms with van der Waals surface area (Å²) in [6, 6.07) is 9.91. The lowest BCUT2D eigenvalue weighted by atomic mass is 10.2. The zero-order chi connectivity index (χ0) is 19.0. The van der Waals surface area contributed by atoms with Crippen molar-refractivity contribution >= 4 is 23.1 Å². The molecule has 0 aromatic carbocycles. The Bertz CT molecular complexity index is 939. The van der Waals surface area contributed by atoms with Crippen LogP contribution in [0.5, 0.6) is 0 Å². The lowest BCUT2D eigenvalue weighted by Crippen LogP contribution is -2.49. The van der Waals surface area contributed by atoms with Gasteiger partial charge in [0.15, 0.2) is 0 Å². The summed E-state index contributed by atoms with van der Waals surface area (Å²) in [6.07, 6.45) is 3.87. The summed E-state index contributed by atoms with van der Waals surface area (Å²) in [5.41, 5.74) is 1.77. The Labute approximate surface area is 158 Å². The average Bonchev–Trinajstić information content (AvgIpc) is 3.11. The quantitative estimate of drug-likeness (QED) is 0.712. The molecule has 1 saturated heterocycles. The molecule has 7 nitrogen and oxygen atoms in total. The first-order valence-corrected chi connectivity index (χ1v) is 9.15. The van der Waals surface area contributed by atoms with Gasteiger partial charge in [0.1, 0.15) is 17.5 Å².